The Bertz CT molecular complexity index is 248. The molecule has 0 spiro atoms. The van der Waals surface area contributed by atoms with Crippen molar-refractivity contribution in [1.82, 2.24) is 15.4 Å². The van der Waals surface area contributed by atoms with Crippen molar-refractivity contribution in [3.63, 3.8) is 0 Å². The molecule has 1 rings (SSSR count). The predicted molar refractivity (Wildman–Crippen MR) is 31.5 cm³/mol. The topological polar surface area (TPSA) is 41.6 Å². The quantitative estimate of drug-likeness (QED) is 0.679. The molecule has 0 radical (unpaired) electrons. The third kappa shape index (κ3) is 1.57. The lowest BCUT2D eigenvalue weighted by molar-refractivity contribution is -0.0689. The first-order chi connectivity index (χ1) is 5.02. The number of allylic oxidation sites excluding steroid dienone is 1. The number of halogens is 3. The number of H-pyrrole nitrogens is 1. The van der Waals surface area contributed by atoms with Gasteiger partial charge in [0, 0.05) is 0 Å². The van der Waals surface area contributed by atoms with E-state index in [0.717, 1.165) is 6.20 Å². The van der Waals surface area contributed by atoms with Crippen LogP contribution in [0.3, 0.4) is 0 Å². The van der Waals surface area contributed by atoms with E-state index in [-0.39, 0.29) is 5.69 Å². The summed E-state index contributed by atoms with van der Waals surface area (Å²) in [5.74, 6) is 0. The largest absolute Gasteiger partial charge is 0.418 e. The Hall–Kier alpha value is -1.33. The summed E-state index contributed by atoms with van der Waals surface area (Å²) in [4.78, 5) is 0. The number of hydrogen-bond donors (Lipinski definition) is 1. The van der Waals surface area contributed by atoms with Gasteiger partial charge >= 0.3 is 6.18 Å². The van der Waals surface area contributed by atoms with Crippen molar-refractivity contribution in [2.45, 2.75) is 6.18 Å². The van der Waals surface area contributed by atoms with Gasteiger partial charge in [0.25, 0.3) is 0 Å². The van der Waals surface area contributed by atoms with Crippen LogP contribution in [0.1, 0.15) is 5.69 Å². The second kappa shape index (κ2) is 2.37. The predicted octanol–water partition coefficient (Wildman–Crippen LogP) is 1.38. The molecule has 0 unspecified atom stereocenters. The van der Waals surface area contributed by atoms with Crippen molar-refractivity contribution in [3.8, 4) is 0 Å². The zero-order valence-corrected chi connectivity index (χ0v) is 5.31. The van der Waals surface area contributed by atoms with Crippen LogP contribution in [0.5, 0.6) is 0 Å². The monoisotopic (exact) mass is 163 g/mol. The van der Waals surface area contributed by atoms with E-state index in [2.05, 4.69) is 16.8 Å². The smallest absolute Gasteiger partial charge is 0.197 e. The zero-order valence-electron chi connectivity index (χ0n) is 5.31. The van der Waals surface area contributed by atoms with Crippen LogP contribution in [0.2, 0.25) is 0 Å². The number of hydrogen-bond acceptors (Lipinski definition) is 2. The maximum atomic E-state index is 11.8. The van der Waals surface area contributed by atoms with Gasteiger partial charge in [-0.3, -0.25) is 0 Å². The standard InChI is InChI=1S/C5H4F3N3/c1-3(5(6,7)8)4-2-9-11-10-4/h2H,1H2,(H,9,10,11). The minimum Gasteiger partial charge on any atom is -0.197 e. The highest BCUT2D eigenvalue weighted by atomic mass is 19.4. The molecular weight excluding hydrogens is 159 g/mol. The van der Waals surface area contributed by atoms with E-state index in [1.807, 2.05) is 5.21 Å². The summed E-state index contributed by atoms with van der Waals surface area (Å²) in [7, 11) is 0. The van der Waals surface area contributed by atoms with E-state index in [1.54, 1.807) is 0 Å². The molecule has 1 aromatic rings. The molecule has 0 amide bonds. The van der Waals surface area contributed by atoms with Crippen molar-refractivity contribution < 1.29 is 13.2 Å². The number of nitrogens with zero attached hydrogens (tertiary/aromatic N) is 2. The lowest BCUT2D eigenvalue weighted by atomic mass is 10.2. The SMILES string of the molecule is C=C(c1cn[nH]n1)C(F)(F)F. The molecule has 0 aliphatic carbocycles. The average Bonchev–Trinajstić information content (AvgIpc) is 2.34. The fourth-order valence-electron chi connectivity index (χ4n) is 0.492. The first-order valence-corrected chi connectivity index (χ1v) is 2.64. The normalized spacial score (nSPS) is 11.5. The van der Waals surface area contributed by atoms with Crippen LogP contribution in [-0.4, -0.2) is 21.6 Å². The van der Waals surface area contributed by atoms with E-state index in [4.69, 9.17) is 0 Å². The molecule has 1 heterocycles. The third-order valence-corrected chi connectivity index (χ3v) is 1.07. The molecule has 0 saturated carbocycles. The number of aromatic nitrogens is 3. The minimum absolute atomic E-state index is 0.280. The van der Waals surface area contributed by atoms with E-state index in [1.165, 1.54) is 0 Å². The molecule has 3 nitrogen and oxygen atoms in total. The van der Waals surface area contributed by atoms with Crippen molar-refractivity contribution in [3.05, 3.63) is 18.5 Å². The number of nitrogens with one attached hydrogen (secondary N) is 1. The van der Waals surface area contributed by atoms with Crippen LogP contribution in [-0.2, 0) is 0 Å². The Labute approximate surface area is 59.9 Å². The maximum Gasteiger partial charge on any atom is 0.418 e. The molecule has 0 aliphatic rings. The summed E-state index contributed by atoms with van der Waals surface area (Å²) in [6.45, 7) is 2.82. The first kappa shape index (κ1) is 7.77. The van der Waals surface area contributed by atoms with Crippen LogP contribution < -0.4 is 0 Å². The molecule has 11 heavy (non-hydrogen) atoms. The zero-order chi connectivity index (χ0) is 8.48. The highest BCUT2D eigenvalue weighted by Crippen LogP contribution is 2.30. The summed E-state index contributed by atoms with van der Waals surface area (Å²) < 4.78 is 35.5. The van der Waals surface area contributed by atoms with Crippen LogP contribution in [0.15, 0.2) is 12.8 Å². The molecule has 1 N–H and O–H groups in total. The number of aromatic amines is 1. The Kier molecular flexibility index (Phi) is 1.67. The second-order valence-corrected chi connectivity index (χ2v) is 1.83. The summed E-state index contributed by atoms with van der Waals surface area (Å²) in [6.07, 6.45) is -3.47. The van der Waals surface area contributed by atoms with Gasteiger partial charge in [0.2, 0.25) is 0 Å². The van der Waals surface area contributed by atoms with Crippen LogP contribution in [0.25, 0.3) is 5.57 Å². The van der Waals surface area contributed by atoms with Gasteiger partial charge in [0.05, 0.1) is 11.8 Å². The summed E-state index contributed by atoms with van der Waals surface area (Å²) >= 11 is 0. The molecule has 60 valence electrons. The second-order valence-electron chi connectivity index (χ2n) is 1.83. The molecular formula is C5H4F3N3. The van der Waals surface area contributed by atoms with Gasteiger partial charge in [-0.25, -0.2) is 0 Å². The van der Waals surface area contributed by atoms with E-state index >= 15 is 0 Å². The summed E-state index contributed by atoms with van der Waals surface area (Å²) in [5.41, 5.74) is -1.27. The minimum atomic E-state index is -4.43. The van der Waals surface area contributed by atoms with Crippen LogP contribution in [0, 0.1) is 0 Å². The van der Waals surface area contributed by atoms with Crippen molar-refractivity contribution in [1.29, 1.82) is 0 Å². The number of rotatable bonds is 1. The molecule has 0 fully saturated rings. The fourth-order valence-corrected chi connectivity index (χ4v) is 0.492. The Morgan fingerprint density at radius 1 is 1.55 bits per heavy atom. The molecule has 0 aliphatic heterocycles. The lowest BCUT2D eigenvalue weighted by Crippen LogP contribution is -2.09. The molecule has 0 saturated heterocycles. The summed E-state index contributed by atoms with van der Waals surface area (Å²) in [6, 6.07) is 0. The fraction of sp³-hybridized carbons (Fsp3) is 0.200. The third-order valence-electron chi connectivity index (χ3n) is 1.07. The first-order valence-electron chi connectivity index (χ1n) is 2.64. The van der Waals surface area contributed by atoms with E-state index < -0.39 is 11.7 Å². The van der Waals surface area contributed by atoms with Crippen LogP contribution in [0.4, 0.5) is 13.2 Å². The van der Waals surface area contributed by atoms with Gasteiger partial charge < -0.3 is 0 Å². The van der Waals surface area contributed by atoms with E-state index in [9.17, 15) is 13.2 Å². The van der Waals surface area contributed by atoms with Crippen LogP contribution >= 0.6 is 0 Å². The van der Waals surface area contributed by atoms with Crippen molar-refractivity contribution in [2.24, 2.45) is 0 Å². The molecule has 0 atom stereocenters. The van der Waals surface area contributed by atoms with Gasteiger partial charge in [-0.1, -0.05) is 6.58 Å². The highest BCUT2D eigenvalue weighted by molar-refractivity contribution is 5.63. The average molecular weight is 163 g/mol. The maximum absolute atomic E-state index is 11.8. The molecule has 0 bridgehead atoms. The van der Waals surface area contributed by atoms with Gasteiger partial charge in [0.15, 0.2) is 0 Å². The number of alkyl halides is 3. The molecule has 1 aromatic heterocycles. The van der Waals surface area contributed by atoms with Crippen molar-refractivity contribution >= 4 is 5.57 Å². The van der Waals surface area contributed by atoms with Gasteiger partial charge in [-0.05, 0) is 0 Å². The lowest BCUT2D eigenvalue weighted by Gasteiger charge is -2.04. The highest BCUT2D eigenvalue weighted by Gasteiger charge is 2.34. The Morgan fingerprint density at radius 2 is 2.18 bits per heavy atom. The van der Waals surface area contributed by atoms with E-state index in [0.29, 0.717) is 0 Å². The van der Waals surface area contributed by atoms with Gasteiger partial charge in [-0.2, -0.15) is 28.6 Å². The van der Waals surface area contributed by atoms with Gasteiger partial charge in [0.1, 0.15) is 5.69 Å². The summed E-state index contributed by atoms with van der Waals surface area (Å²) in [5, 5.41) is 8.51. The van der Waals surface area contributed by atoms with Crippen molar-refractivity contribution in [2.75, 3.05) is 0 Å². The molecule has 6 heteroatoms. The molecule has 0 aromatic carbocycles. The van der Waals surface area contributed by atoms with Gasteiger partial charge in [-0.15, -0.1) is 0 Å². The Morgan fingerprint density at radius 3 is 2.55 bits per heavy atom. The Balaban J connectivity index is 2.88.